The summed E-state index contributed by atoms with van der Waals surface area (Å²) in [6.45, 7) is 6.74. The van der Waals surface area contributed by atoms with Crippen molar-refractivity contribution in [1.29, 1.82) is 0 Å². The molecular weight excluding hydrogens is 262 g/mol. The number of rotatable bonds is 7. The Balaban J connectivity index is 2.56. The largest absolute Gasteiger partial charge is 0.480 e. The molecule has 0 aromatic heterocycles. The normalized spacial score (nSPS) is 14.4. The van der Waals surface area contributed by atoms with Crippen LogP contribution in [0.25, 0.3) is 0 Å². The number of carbonyl (C=O) groups is 1. The van der Waals surface area contributed by atoms with Crippen molar-refractivity contribution in [2.75, 3.05) is 6.54 Å². The zero-order valence-corrected chi connectivity index (χ0v) is 12.4. The Hall–Kier alpha value is -1.06. The van der Waals surface area contributed by atoms with Gasteiger partial charge in [-0.05, 0) is 36.0 Å². The van der Waals surface area contributed by atoms with Crippen LogP contribution < -0.4 is 5.32 Å². The molecule has 0 aliphatic carbocycles. The van der Waals surface area contributed by atoms with E-state index in [0.717, 1.165) is 5.56 Å². The van der Waals surface area contributed by atoms with Gasteiger partial charge in [-0.1, -0.05) is 44.5 Å². The summed E-state index contributed by atoms with van der Waals surface area (Å²) in [6, 6.07) is 7.20. The van der Waals surface area contributed by atoms with E-state index in [0.29, 0.717) is 23.9 Å². The summed E-state index contributed by atoms with van der Waals surface area (Å²) >= 11 is 5.96. The summed E-state index contributed by atoms with van der Waals surface area (Å²) in [5, 5.41) is 13.0. The lowest BCUT2D eigenvalue weighted by Crippen LogP contribution is -2.39. The van der Waals surface area contributed by atoms with Crippen LogP contribution in [-0.2, 0) is 4.79 Å². The average Bonchev–Trinajstić information content (AvgIpc) is 2.33. The molecule has 0 saturated carbocycles. The van der Waals surface area contributed by atoms with Gasteiger partial charge < -0.3 is 10.4 Å². The van der Waals surface area contributed by atoms with Gasteiger partial charge in [-0.2, -0.15) is 0 Å². The number of benzene rings is 1. The third kappa shape index (κ3) is 5.62. The van der Waals surface area contributed by atoms with Crippen LogP contribution in [0, 0.1) is 5.92 Å². The number of nitrogens with one attached hydrogen (secondary N) is 1. The van der Waals surface area contributed by atoms with E-state index in [1.165, 1.54) is 0 Å². The van der Waals surface area contributed by atoms with E-state index in [1.54, 1.807) is 0 Å². The van der Waals surface area contributed by atoms with Crippen molar-refractivity contribution in [3.8, 4) is 0 Å². The molecule has 1 unspecified atom stereocenters. The van der Waals surface area contributed by atoms with Crippen LogP contribution in [0.15, 0.2) is 24.3 Å². The maximum absolute atomic E-state index is 11.2. The maximum atomic E-state index is 11.2. The number of carboxylic acid groups (broad SMARTS) is 1. The Morgan fingerprint density at radius 3 is 2.58 bits per heavy atom. The summed E-state index contributed by atoms with van der Waals surface area (Å²) in [5.74, 6) is -0.199. The molecule has 0 aliphatic rings. The highest BCUT2D eigenvalue weighted by atomic mass is 35.5. The molecule has 0 fully saturated rings. The monoisotopic (exact) mass is 283 g/mol. The number of hydrogen-bond acceptors (Lipinski definition) is 2. The van der Waals surface area contributed by atoms with Crippen LogP contribution >= 0.6 is 11.6 Å². The molecule has 0 amide bonds. The smallest absolute Gasteiger partial charge is 0.320 e. The molecule has 4 heteroatoms. The first-order chi connectivity index (χ1) is 8.90. The first-order valence-corrected chi connectivity index (χ1v) is 6.99. The van der Waals surface area contributed by atoms with Crippen molar-refractivity contribution >= 4 is 17.6 Å². The minimum absolute atomic E-state index is 0.229. The lowest BCUT2D eigenvalue weighted by Gasteiger charge is -2.19. The molecule has 0 radical (unpaired) electrons. The summed E-state index contributed by atoms with van der Waals surface area (Å²) < 4.78 is 0. The third-order valence-electron chi connectivity index (χ3n) is 3.09. The van der Waals surface area contributed by atoms with Gasteiger partial charge in [-0.25, -0.2) is 0 Å². The molecule has 2 atom stereocenters. The molecule has 0 heterocycles. The molecule has 0 spiro atoms. The van der Waals surface area contributed by atoms with Crippen LogP contribution in [0.2, 0.25) is 5.02 Å². The Morgan fingerprint density at radius 1 is 1.37 bits per heavy atom. The quantitative estimate of drug-likeness (QED) is 0.805. The molecular formula is C15H22ClNO2. The summed E-state index contributed by atoms with van der Waals surface area (Å²) in [5.41, 5.74) is 1.12. The van der Waals surface area contributed by atoms with Gasteiger partial charge in [-0.15, -0.1) is 0 Å². The zero-order chi connectivity index (χ0) is 14.4. The fourth-order valence-electron chi connectivity index (χ4n) is 1.99. The number of hydrogen-bond donors (Lipinski definition) is 2. The lowest BCUT2D eigenvalue weighted by atomic mass is 9.99. The lowest BCUT2D eigenvalue weighted by molar-refractivity contribution is -0.139. The van der Waals surface area contributed by atoms with Crippen molar-refractivity contribution < 1.29 is 9.90 Å². The van der Waals surface area contributed by atoms with Gasteiger partial charge in [0.1, 0.15) is 6.04 Å². The second kappa shape index (κ2) is 7.51. The van der Waals surface area contributed by atoms with Gasteiger partial charge in [0, 0.05) is 11.6 Å². The van der Waals surface area contributed by atoms with E-state index in [-0.39, 0.29) is 5.92 Å². The molecule has 19 heavy (non-hydrogen) atoms. The van der Waals surface area contributed by atoms with Gasteiger partial charge in [0.25, 0.3) is 0 Å². The van der Waals surface area contributed by atoms with E-state index in [4.69, 9.17) is 16.7 Å². The van der Waals surface area contributed by atoms with Gasteiger partial charge in [-0.3, -0.25) is 4.79 Å². The number of carboxylic acids is 1. The SMILES string of the molecule is CC(C)C[C@H](NCC(C)c1cccc(Cl)c1)C(=O)O. The Kier molecular flexibility index (Phi) is 6.32. The minimum Gasteiger partial charge on any atom is -0.480 e. The Bertz CT molecular complexity index is 420. The predicted octanol–water partition coefficient (Wildman–Crippen LogP) is 3.53. The minimum atomic E-state index is -0.785. The van der Waals surface area contributed by atoms with Crippen LogP contribution in [0.4, 0.5) is 0 Å². The molecule has 106 valence electrons. The fraction of sp³-hybridized carbons (Fsp3) is 0.533. The predicted molar refractivity (Wildman–Crippen MR) is 78.7 cm³/mol. The summed E-state index contributed by atoms with van der Waals surface area (Å²) in [4.78, 5) is 11.2. The molecule has 1 aromatic rings. The zero-order valence-electron chi connectivity index (χ0n) is 11.7. The van der Waals surface area contributed by atoms with E-state index < -0.39 is 12.0 Å². The Labute approximate surface area is 120 Å². The van der Waals surface area contributed by atoms with Gasteiger partial charge in [0.05, 0.1) is 0 Å². The highest BCUT2D eigenvalue weighted by Crippen LogP contribution is 2.19. The van der Waals surface area contributed by atoms with Crippen LogP contribution in [0.1, 0.15) is 38.7 Å². The molecule has 1 aromatic carbocycles. The first kappa shape index (κ1) is 16.0. The van der Waals surface area contributed by atoms with Crippen LogP contribution in [0.5, 0.6) is 0 Å². The van der Waals surface area contributed by atoms with Crippen LogP contribution in [0.3, 0.4) is 0 Å². The van der Waals surface area contributed by atoms with Crippen molar-refractivity contribution in [1.82, 2.24) is 5.32 Å². The number of aliphatic carboxylic acids is 1. The van der Waals surface area contributed by atoms with Gasteiger partial charge >= 0.3 is 5.97 Å². The summed E-state index contributed by atoms with van der Waals surface area (Å²) in [6.07, 6.45) is 0.637. The van der Waals surface area contributed by atoms with Crippen molar-refractivity contribution in [2.45, 2.75) is 39.2 Å². The third-order valence-corrected chi connectivity index (χ3v) is 3.33. The maximum Gasteiger partial charge on any atom is 0.320 e. The highest BCUT2D eigenvalue weighted by molar-refractivity contribution is 6.30. The van der Waals surface area contributed by atoms with Crippen molar-refractivity contribution in [3.05, 3.63) is 34.9 Å². The molecule has 0 bridgehead atoms. The number of halogens is 1. The van der Waals surface area contributed by atoms with E-state index in [2.05, 4.69) is 12.2 Å². The van der Waals surface area contributed by atoms with Gasteiger partial charge in [0.2, 0.25) is 0 Å². The van der Waals surface area contributed by atoms with E-state index >= 15 is 0 Å². The van der Waals surface area contributed by atoms with Gasteiger partial charge in [0.15, 0.2) is 0 Å². The fourth-order valence-corrected chi connectivity index (χ4v) is 2.19. The second-order valence-corrected chi connectivity index (χ2v) is 5.82. The molecule has 3 nitrogen and oxygen atoms in total. The second-order valence-electron chi connectivity index (χ2n) is 5.38. The van der Waals surface area contributed by atoms with E-state index in [1.807, 2.05) is 38.1 Å². The molecule has 0 aliphatic heterocycles. The highest BCUT2D eigenvalue weighted by Gasteiger charge is 2.19. The molecule has 1 rings (SSSR count). The van der Waals surface area contributed by atoms with E-state index in [9.17, 15) is 4.79 Å². The standard InChI is InChI=1S/C15H22ClNO2/c1-10(2)7-14(15(18)19)17-9-11(3)12-5-4-6-13(16)8-12/h4-6,8,10-11,14,17H,7,9H2,1-3H3,(H,18,19)/t11?,14-/m0/s1. The molecule has 0 saturated heterocycles. The first-order valence-electron chi connectivity index (χ1n) is 6.61. The van der Waals surface area contributed by atoms with Crippen molar-refractivity contribution in [3.63, 3.8) is 0 Å². The van der Waals surface area contributed by atoms with Crippen molar-refractivity contribution in [2.24, 2.45) is 5.92 Å². The summed E-state index contributed by atoms with van der Waals surface area (Å²) in [7, 11) is 0. The Morgan fingerprint density at radius 2 is 2.05 bits per heavy atom. The topological polar surface area (TPSA) is 49.3 Å². The molecule has 2 N–H and O–H groups in total. The average molecular weight is 284 g/mol. The van der Waals surface area contributed by atoms with Crippen LogP contribution in [-0.4, -0.2) is 23.7 Å².